The van der Waals surface area contributed by atoms with Crippen LogP contribution in [-0.2, 0) is 5.54 Å². The van der Waals surface area contributed by atoms with E-state index >= 15 is 0 Å². The lowest BCUT2D eigenvalue weighted by atomic mass is 10.1. The zero-order valence-corrected chi connectivity index (χ0v) is 9.57. The second kappa shape index (κ2) is 3.56. The average Bonchev–Trinajstić information content (AvgIpc) is 2.28. The van der Waals surface area contributed by atoms with Crippen molar-refractivity contribution < 1.29 is 13.2 Å². The van der Waals surface area contributed by atoms with Crippen LogP contribution >= 0.6 is 15.9 Å². The Kier molecular flexibility index (Phi) is 2.94. The predicted octanol–water partition coefficient (Wildman–Crippen LogP) is 3.48. The number of hydrogen-bond donors (Lipinski definition) is 0. The highest BCUT2D eigenvalue weighted by molar-refractivity contribution is 9.10. The molecule has 0 aliphatic heterocycles. The highest BCUT2D eigenvalue weighted by Gasteiger charge is 2.27. The molecule has 80 valence electrons. The summed E-state index contributed by atoms with van der Waals surface area (Å²) in [6.07, 6.45) is -2.89. The maximum absolute atomic E-state index is 13.2. The Hall–Kier alpha value is -0.520. The molecule has 0 aromatic carbocycles. The van der Waals surface area contributed by atoms with Gasteiger partial charge in [-0.15, -0.1) is 0 Å². The summed E-state index contributed by atoms with van der Waals surface area (Å²) in [6, 6.07) is 0. The highest BCUT2D eigenvalue weighted by Crippen LogP contribution is 2.30. The van der Waals surface area contributed by atoms with E-state index in [4.69, 9.17) is 0 Å². The molecule has 0 N–H and O–H groups in total. The van der Waals surface area contributed by atoms with Gasteiger partial charge in [0.15, 0.2) is 11.5 Å². The lowest BCUT2D eigenvalue weighted by molar-refractivity contribution is 0.139. The molecule has 0 atom stereocenters. The van der Waals surface area contributed by atoms with E-state index in [9.17, 15) is 13.2 Å². The highest BCUT2D eigenvalue weighted by atomic mass is 79.9. The maximum atomic E-state index is 13.2. The molecule has 6 heteroatoms. The molecule has 1 aromatic heterocycles. The fourth-order valence-electron chi connectivity index (χ4n) is 0.978. The summed E-state index contributed by atoms with van der Waals surface area (Å²) in [5, 5.41) is 3.52. The maximum Gasteiger partial charge on any atom is 0.285 e. The number of hydrogen-bond acceptors (Lipinski definition) is 1. The molecule has 1 heterocycles. The van der Waals surface area contributed by atoms with E-state index in [1.54, 1.807) is 20.8 Å². The number of aromatic nitrogens is 2. The molecular weight excluding hydrogens is 261 g/mol. The molecule has 14 heavy (non-hydrogen) atoms. The first-order valence-electron chi connectivity index (χ1n) is 3.97. The predicted molar refractivity (Wildman–Crippen MR) is 49.8 cm³/mol. The van der Waals surface area contributed by atoms with Gasteiger partial charge in [-0.3, -0.25) is 0 Å². The normalized spacial score (nSPS) is 12.6. The molecule has 0 spiro atoms. The third-order valence-corrected chi connectivity index (χ3v) is 2.33. The van der Waals surface area contributed by atoms with Crippen molar-refractivity contribution in [1.82, 2.24) is 9.78 Å². The molecule has 0 unspecified atom stereocenters. The van der Waals surface area contributed by atoms with Gasteiger partial charge in [0.05, 0.1) is 5.54 Å². The number of alkyl halides is 2. The van der Waals surface area contributed by atoms with E-state index in [1.807, 2.05) is 0 Å². The largest absolute Gasteiger partial charge is 0.285 e. The second-order valence-electron chi connectivity index (χ2n) is 3.87. The summed E-state index contributed by atoms with van der Waals surface area (Å²) < 4.78 is 38.9. The van der Waals surface area contributed by atoms with Gasteiger partial charge in [0.25, 0.3) is 6.43 Å². The molecule has 0 fully saturated rings. The van der Waals surface area contributed by atoms with Crippen LogP contribution in [0.1, 0.15) is 32.9 Å². The van der Waals surface area contributed by atoms with Crippen molar-refractivity contribution >= 4 is 15.9 Å². The molecule has 1 rings (SSSR count). The monoisotopic (exact) mass is 270 g/mol. The van der Waals surface area contributed by atoms with Crippen LogP contribution in [0.15, 0.2) is 4.60 Å². The lowest BCUT2D eigenvalue weighted by Gasteiger charge is -2.20. The molecular formula is C8H10BrF3N2. The average molecular weight is 271 g/mol. The standard InChI is InChI=1S/C8H10BrF3N2/c1-8(2,3)14-6(9)4(10)5(13-14)7(11)12/h7H,1-3H3. The fourth-order valence-corrected chi connectivity index (χ4v) is 1.79. The molecule has 0 aliphatic carbocycles. The minimum absolute atomic E-state index is 0.0414. The molecule has 2 nitrogen and oxygen atoms in total. The van der Waals surface area contributed by atoms with E-state index < -0.39 is 23.5 Å². The fraction of sp³-hybridized carbons (Fsp3) is 0.625. The minimum atomic E-state index is -2.89. The van der Waals surface area contributed by atoms with Gasteiger partial charge in [0.2, 0.25) is 0 Å². The second-order valence-corrected chi connectivity index (χ2v) is 4.62. The van der Waals surface area contributed by atoms with Crippen molar-refractivity contribution in [3.8, 4) is 0 Å². The Morgan fingerprint density at radius 3 is 2.07 bits per heavy atom. The molecule has 0 amide bonds. The molecule has 1 aromatic rings. The smallest absolute Gasteiger partial charge is 0.250 e. The van der Waals surface area contributed by atoms with E-state index in [-0.39, 0.29) is 4.60 Å². The van der Waals surface area contributed by atoms with E-state index in [1.165, 1.54) is 4.68 Å². The summed E-state index contributed by atoms with van der Waals surface area (Å²) in [7, 11) is 0. The van der Waals surface area contributed by atoms with Crippen molar-refractivity contribution in [1.29, 1.82) is 0 Å². The summed E-state index contributed by atoms with van der Waals surface area (Å²) in [4.78, 5) is 0. The van der Waals surface area contributed by atoms with E-state index in [0.29, 0.717) is 0 Å². The zero-order chi connectivity index (χ0) is 11.1. The number of rotatable bonds is 1. The van der Waals surface area contributed by atoms with Crippen LogP contribution < -0.4 is 0 Å². The molecule has 0 saturated heterocycles. The Morgan fingerprint density at radius 2 is 1.86 bits per heavy atom. The van der Waals surface area contributed by atoms with Gasteiger partial charge >= 0.3 is 0 Å². The third-order valence-electron chi connectivity index (χ3n) is 1.64. The third kappa shape index (κ3) is 1.94. The van der Waals surface area contributed by atoms with Crippen LogP contribution in [0, 0.1) is 5.82 Å². The van der Waals surface area contributed by atoms with Crippen LogP contribution in [0.2, 0.25) is 0 Å². The molecule has 0 saturated carbocycles. The van der Waals surface area contributed by atoms with Crippen molar-refractivity contribution in [3.63, 3.8) is 0 Å². The first-order chi connectivity index (χ1) is 6.25. The van der Waals surface area contributed by atoms with Crippen molar-refractivity contribution in [2.24, 2.45) is 0 Å². The molecule has 0 radical (unpaired) electrons. The summed E-state index contributed by atoms with van der Waals surface area (Å²) in [6.45, 7) is 5.25. The van der Waals surface area contributed by atoms with Crippen molar-refractivity contribution in [3.05, 3.63) is 16.1 Å². The van der Waals surface area contributed by atoms with E-state index in [2.05, 4.69) is 21.0 Å². The minimum Gasteiger partial charge on any atom is -0.250 e. The van der Waals surface area contributed by atoms with Crippen LogP contribution in [0.4, 0.5) is 13.2 Å². The Balaban J connectivity index is 3.29. The van der Waals surface area contributed by atoms with Crippen molar-refractivity contribution in [2.75, 3.05) is 0 Å². The topological polar surface area (TPSA) is 17.8 Å². The SMILES string of the molecule is CC(C)(C)n1nc(C(F)F)c(F)c1Br. The first-order valence-corrected chi connectivity index (χ1v) is 4.77. The summed E-state index contributed by atoms with van der Waals surface area (Å²) >= 11 is 2.90. The molecule has 0 aliphatic rings. The first kappa shape index (κ1) is 11.6. The summed E-state index contributed by atoms with van der Waals surface area (Å²) in [5.41, 5.74) is -1.35. The van der Waals surface area contributed by atoms with Gasteiger partial charge in [-0.2, -0.15) is 5.10 Å². The van der Waals surface area contributed by atoms with Gasteiger partial charge in [-0.25, -0.2) is 17.9 Å². The van der Waals surface area contributed by atoms with E-state index in [0.717, 1.165) is 0 Å². The van der Waals surface area contributed by atoms with Gasteiger partial charge in [0.1, 0.15) is 4.60 Å². The van der Waals surface area contributed by atoms with Gasteiger partial charge in [-0.05, 0) is 36.7 Å². The number of nitrogens with zero attached hydrogens (tertiary/aromatic N) is 2. The van der Waals surface area contributed by atoms with Crippen LogP contribution in [-0.4, -0.2) is 9.78 Å². The van der Waals surface area contributed by atoms with Crippen molar-refractivity contribution in [2.45, 2.75) is 32.7 Å². The Bertz CT molecular complexity index is 341. The van der Waals surface area contributed by atoms with Gasteiger partial charge in [-0.1, -0.05) is 0 Å². The van der Waals surface area contributed by atoms with Crippen LogP contribution in [0.3, 0.4) is 0 Å². The Labute approximate surface area is 88.2 Å². The zero-order valence-electron chi connectivity index (χ0n) is 7.98. The number of halogens is 4. The van der Waals surface area contributed by atoms with Crippen LogP contribution in [0.25, 0.3) is 0 Å². The van der Waals surface area contributed by atoms with Crippen LogP contribution in [0.5, 0.6) is 0 Å². The van der Waals surface area contributed by atoms with Gasteiger partial charge < -0.3 is 0 Å². The Morgan fingerprint density at radius 1 is 1.36 bits per heavy atom. The molecule has 0 bridgehead atoms. The lowest BCUT2D eigenvalue weighted by Crippen LogP contribution is -2.23. The quantitative estimate of drug-likeness (QED) is 0.764. The van der Waals surface area contributed by atoms with Gasteiger partial charge in [0, 0.05) is 0 Å². The summed E-state index contributed by atoms with van der Waals surface area (Å²) in [5.74, 6) is -0.991.